The molecule has 1 aromatic rings. The molecule has 0 fully saturated rings. The molecule has 1 heterocycles. The molecule has 1 unspecified atom stereocenters. The van der Waals surface area contributed by atoms with Crippen LogP contribution in [0.3, 0.4) is 0 Å². The summed E-state index contributed by atoms with van der Waals surface area (Å²) in [6.45, 7) is 5.91. The molecular weight excluding hydrogens is 246 g/mol. The average Bonchev–Trinajstić information content (AvgIpc) is 2.43. The first kappa shape index (κ1) is 11.7. The van der Waals surface area contributed by atoms with Crippen molar-refractivity contribution in [3.8, 4) is 0 Å². The van der Waals surface area contributed by atoms with Crippen LogP contribution >= 0.6 is 15.9 Å². The van der Waals surface area contributed by atoms with Crippen molar-refractivity contribution in [3.63, 3.8) is 0 Å². The maximum Gasteiger partial charge on any atom is 0.0739 e. The Balaban J connectivity index is 3.23. The predicted octanol–water partition coefficient (Wildman–Crippen LogP) is 1.53. The van der Waals surface area contributed by atoms with Crippen LogP contribution in [0.2, 0.25) is 0 Å². The minimum absolute atomic E-state index is 0.0730. The van der Waals surface area contributed by atoms with Gasteiger partial charge in [0.25, 0.3) is 0 Å². The third-order valence-corrected chi connectivity index (χ3v) is 3.06. The summed E-state index contributed by atoms with van der Waals surface area (Å²) < 4.78 is 2.74. The smallest absolute Gasteiger partial charge is 0.0739 e. The molecule has 1 aromatic heterocycles. The monoisotopic (exact) mass is 261 g/mol. The molecule has 0 radical (unpaired) electrons. The Kier molecular flexibility index (Phi) is 3.69. The zero-order chi connectivity index (χ0) is 10.9. The number of aromatic nitrogens is 2. The number of nitrogens with zero attached hydrogens (tertiary/aromatic N) is 2. The van der Waals surface area contributed by atoms with Gasteiger partial charge in [-0.25, -0.2) is 0 Å². The zero-order valence-corrected chi connectivity index (χ0v) is 10.2. The first-order valence-electron chi connectivity index (χ1n) is 4.60. The van der Waals surface area contributed by atoms with Gasteiger partial charge in [-0.1, -0.05) is 0 Å². The normalized spacial score (nSPS) is 13.6. The topological polar surface area (TPSA) is 64.1 Å². The lowest BCUT2D eigenvalue weighted by molar-refractivity contribution is 0.260. The van der Waals surface area contributed by atoms with Gasteiger partial charge in [-0.05, 0) is 36.7 Å². The molecule has 0 aliphatic carbocycles. The van der Waals surface area contributed by atoms with E-state index in [4.69, 9.17) is 10.8 Å². The number of aryl methyl sites for hydroxylation is 1. The Morgan fingerprint density at radius 2 is 2.14 bits per heavy atom. The number of rotatable bonds is 3. The second kappa shape index (κ2) is 4.42. The zero-order valence-electron chi connectivity index (χ0n) is 8.66. The van der Waals surface area contributed by atoms with Crippen LogP contribution in [0.5, 0.6) is 0 Å². The van der Waals surface area contributed by atoms with Crippen molar-refractivity contribution < 1.29 is 5.11 Å². The van der Waals surface area contributed by atoms with E-state index in [1.165, 1.54) is 0 Å². The van der Waals surface area contributed by atoms with Crippen LogP contribution in [0.15, 0.2) is 4.47 Å². The van der Waals surface area contributed by atoms with Gasteiger partial charge in [-0.15, -0.1) is 0 Å². The summed E-state index contributed by atoms with van der Waals surface area (Å²) in [6.07, 6.45) is 0. The molecule has 80 valence electrons. The van der Waals surface area contributed by atoms with Gasteiger partial charge >= 0.3 is 0 Å². The number of aliphatic hydroxyl groups is 1. The molecule has 0 aromatic carbocycles. The number of hydrogen-bond acceptors (Lipinski definition) is 3. The lowest BCUT2D eigenvalue weighted by Gasteiger charge is -2.15. The van der Waals surface area contributed by atoms with E-state index in [0.29, 0.717) is 0 Å². The van der Waals surface area contributed by atoms with Crippen LogP contribution in [0.4, 0.5) is 0 Å². The van der Waals surface area contributed by atoms with Crippen LogP contribution in [0.25, 0.3) is 0 Å². The van der Waals surface area contributed by atoms with E-state index < -0.39 is 0 Å². The van der Waals surface area contributed by atoms with Crippen molar-refractivity contribution in [2.24, 2.45) is 5.73 Å². The highest BCUT2D eigenvalue weighted by Gasteiger charge is 2.19. The Morgan fingerprint density at radius 1 is 1.57 bits per heavy atom. The molecular formula is C9H16BrN3O. The van der Waals surface area contributed by atoms with E-state index in [0.717, 1.165) is 15.9 Å². The Hall–Kier alpha value is -0.390. The van der Waals surface area contributed by atoms with Crippen LogP contribution in [-0.4, -0.2) is 21.5 Å². The number of hydrogen-bond donors (Lipinski definition) is 2. The van der Waals surface area contributed by atoms with E-state index in [9.17, 15) is 0 Å². The number of halogens is 1. The summed E-state index contributed by atoms with van der Waals surface area (Å²) in [4.78, 5) is 0. The van der Waals surface area contributed by atoms with Crippen LogP contribution in [0, 0.1) is 6.92 Å². The summed E-state index contributed by atoms with van der Waals surface area (Å²) in [5.74, 6) is 0. The fourth-order valence-electron chi connectivity index (χ4n) is 1.36. The van der Waals surface area contributed by atoms with Crippen molar-refractivity contribution in [1.29, 1.82) is 0 Å². The standard InChI is InChI=1S/C9H16BrN3O/c1-5(2)13-9(7(11)4-14)8(10)6(3)12-13/h5,7,14H,4,11H2,1-3H3. The third kappa shape index (κ3) is 1.99. The maximum absolute atomic E-state index is 9.04. The first-order valence-corrected chi connectivity index (χ1v) is 5.39. The molecule has 14 heavy (non-hydrogen) atoms. The predicted molar refractivity (Wildman–Crippen MR) is 59.1 cm³/mol. The Labute approximate surface area is 92.2 Å². The maximum atomic E-state index is 9.04. The number of nitrogens with two attached hydrogens (primary N) is 1. The van der Waals surface area contributed by atoms with Crippen LogP contribution < -0.4 is 5.73 Å². The molecule has 5 heteroatoms. The molecule has 0 bridgehead atoms. The second-order valence-electron chi connectivity index (χ2n) is 3.61. The van der Waals surface area contributed by atoms with Crippen molar-refractivity contribution in [3.05, 3.63) is 15.9 Å². The van der Waals surface area contributed by atoms with E-state index in [1.54, 1.807) is 0 Å². The molecule has 4 nitrogen and oxygen atoms in total. The highest BCUT2D eigenvalue weighted by atomic mass is 79.9. The van der Waals surface area contributed by atoms with Crippen LogP contribution in [0.1, 0.15) is 37.3 Å². The molecule has 0 spiro atoms. The van der Waals surface area contributed by atoms with Gasteiger partial charge in [0.15, 0.2) is 0 Å². The van der Waals surface area contributed by atoms with E-state index in [-0.39, 0.29) is 18.7 Å². The molecule has 0 amide bonds. The third-order valence-electron chi connectivity index (χ3n) is 2.08. The summed E-state index contributed by atoms with van der Waals surface area (Å²) in [5, 5.41) is 13.4. The average molecular weight is 262 g/mol. The fraction of sp³-hybridized carbons (Fsp3) is 0.667. The lowest BCUT2D eigenvalue weighted by atomic mass is 10.2. The van der Waals surface area contributed by atoms with Crippen molar-refractivity contribution in [1.82, 2.24) is 9.78 Å². The molecule has 1 atom stereocenters. The highest BCUT2D eigenvalue weighted by molar-refractivity contribution is 9.10. The molecule has 0 aliphatic heterocycles. The minimum atomic E-state index is -0.382. The van der Waals surface area contributed by atoms with Gasteiger partial charge in [0.1, 0.15) is 0 Å². The fourth-order valence-corrected chi connectivity index (χ4v) is 1.91. The molecule has 3 N–H and O–H groups in total. The van der Waals surface area contributed by atoms with E-state index >= 15 is 0 Å². The van der Waals surface area contributed by atoms with Gasteiger partial charge in [-0.3, -0.25) is 4.68 Å². The Morgan fingerprint density at radius 3 is 2.57 bits per heavy atom. The van der Waals surface area contributed by atoms with Gasteiger partial charge < -0.3 is 10.8 Å². The summed E-state index contributed by atoms with van der Waals surface area (Å²) in [6, 6.07) is -0.138. The summed E-state index contributed by atoms with van der Waals surface area (Å²) >= 11 is 3.44. The highest BCUT2D eigenvalue weighted by Crippen LogP contribution is 2.27. The van der Waals surface area contributed by atoms with Crippen molar-refractivity contribution >= 4 is 15.9 Å². The molecule has 0 aliphatic rings. The summed E-state index contributed by atoms with van der Waals surface area (Å²) in [7, 11) is 0. The largest absolute Gasteiger partial charge is 0.394 e. The van der Waals surface area contributed by atoms with Crippen molar-refractivity contribution in [2.45, 2.75) is 32.9 Å². The van der Waals surface area contributed by atoms with Crippen molar-refractivity contribution in [2.75, 3.05) is 6.61 Å². The van der Waals surface area contributed by atoms with Gasteiger partial charge in [0.2, 0.25) is 0 Å². The van der Waals surface area contributed by atoms with Gasteiger partial charge in [-0.2, -0.15) is 5.10 Å². The minimum Gasteiger partial charge on any atom is -0.394 e. The van der Waals surface area contributed by atoms with Gasteiger partial charge in [0.05, 0.1) is 28.5 Å². The second-order valence-corrected chi connectivity index (χ2v) is 4.41. The van der Waals surface area contributed by atoms with E-state index in [2.05, 4.69) is 21.0 Å². The first-order chi connectivity index (χ1) is 6.49. The lowest BCUT2D eigenvalue weighted by Crippen LogP contribution is -2.21. The SMILES string of the molecule is Cc1nn(C(C)C)c(C(N)CO)c1Br. The Bertz CT molecular complexity index is 322. The summed E-state index contributed by atoms with van der Waals surface area (Å²) in [5.41, 5.74) is 7.57. The van der Waals surface area contributed by atoms with E-state index in [1.807, 2.05) is 25.5 Å². The van der Waals surface area contributed by atoms with Crippen LogP contribution in [-0.2, 0) is 0 Å². The number of aliphatic hydroxyl groups excluding tert-OH is 1. The quantitative estimate of drug-likeness (QED) is 0.868. The molecule has 0 saturated heterocycles. The molecule has 1 rings (SSSR count). The molecule has 0 saturated carbocycles. The van der Waals surface area contributed by atoms with Gasteiger partial charge in [0, 0.05) is 6.04 Å².